The van der Waals surface area contributed by atoms with E-state index in [1.54, 1.807) is 0 Å². The van der Waals surface area contributed by atoms with Gasteiger partial charge in [-0.05, 0) is 0 Å². The van der Waals surface area contributed by atoms with Gasteiger partial charge in [0.05, 0.1) is 0 Å². The quantitative estimate of drug-likeness (QED) is 0.375. The van der Waals surface area contributed by atoms with Crippen molar-refractivity contribution >= 4 is 39.9 Å². The maximum absolute atomic E-state index is 3.28. The first kappa shape index (κ1) is 27.7. The van der Waals surface area contributed by atoms with Crippen LogP contribution in [0.3, 0.4) is 0 Å². The van der Waals surface area contributed by atoms with E-state index in [-0.39, 0.29) is 51.0 Å². The van der Waals surface area contributed by atoms with Gasteiger partial charge in [-0.3, -0.25) is 6.08 Å². The molecule has 0 amide bonds. The zero-order valence-electron chi connectivity index (χ0n) is 14.0. The number of allylic oxidation sites excluding steroid dienone is 8. The van der Waals surface area contributed by atoms with E-state index in [0.717, 1.165) is 22.4 Å². The third-order valence-electron chi connectivity index (χ3n) is 2.65. The summed E-state index contributed by atoms with van der Waals surface area (Å²) in [5.41, 5.74) is 3.77. The van der Waals surface area contributed by atoms with E-state index < -0.39 is 0 Å². The number of hydrogen-bond donors (Lipinski definition) is 0. The smallest absolute Gasteiger partial charge is 0.270 e. The van der Waals surface area contributed by atoms with Crippen molar-refractivity contribution in [2.24, 2.45) is 0 Å². The first-order valence-corrected chi connectivity index (χ1v) is 9.39. The molecule has 0 nitrogen and oxygen atoms in total. The summed E-state index contributed by atoms with van der Waals surface area (Å²) in [5, 5.41) is 0. The summed E-state index contributed by atoms with van der Waals surface area (Å²) in [6.07, 6.45) is 16.8. The van der Waals surface area contributed by atoms with Gasteiger partial charge in [0.1, 0.15) is 0 Å². The summed E-state index contributed by atoms with van der Waals surface area (Å²) in [4.78, 5) is 0. The normalized spacial score (nSPS) is 12.8. The average molecular weight is 444 g/mol. The molecule has 0 saturated heterocycles. The second-order valence-corrected chi connectivity index (χ2v) is 5.76. The Kier molecular flexibility index (Phi) is 21.9. The molecule has 0 bridgehead atoms. The van der Waals surface area contributed by atoms with Crippen LogP contribution in [-0.2, 0) is 26.2 Å². The van der Waals surface area contributed by atoms with Gasteiger partial charge in [-0.2, -0.15) is 23.8 Å². The van der Waals surface area contributed by atoms with Crippen molar-refractivity contribution in [2.75, 3.05) is 0 Å². The van der Waals surface area contributed by atoms with Crippen molar-refractivity contribution in [1.82, 2.24) is 0 Å². The molecule has 0 fully saturated rings. The van der Waals surface area contributed by atoms with Gasteiger partial charge in [0.15, 0.2) is 0 Å². The molecule has 2 aliphatic rings. The fourth-order valence-corrected chi connectivity index (χ4v) is 1.74. The molecular weight excluding hydrogens is 418 g/mol. The monoisotopic (exact) mass is 441 g/mol. The number of benzene rings is 1. The zero-order chi connectivity index (χ0) is 14.6. The maximum atomic E-state index is 3.28. The van der Waals surface area contributed by atoms with Crippen molar-refractivity contribution in [3.63, 3.8) is 0 Å². The molecule has 0 spiro atoms. The van der Waals surface area contributed by atoms with Gasteiger partial charge in [0.25, 0.3) is 0 Å². The third-order valence-corrected chi connectivity index (χ3v) is 2.65. The Labute approximate surface area is 176 Å². The molecular formula is C19H25Cl2SiZr. The van der Waals surface area contributed by atoms with E-state index in [1.165, 1.54) is 16.7 Å². The number of halogens is 2. The van der Waals surface area contributed by atoms with Crippen LogP contribution in [0.2, 0.25) is 13.1 Å². The molecule has 2 aliphatic carbocycles. The SMILES string of the molecule is CC1=[C-]CC=C1.C[SiH]C.Cl.Cl.[C-]1=C(c2ccccc2)C=CC1.[Zr+2]. The minimum absolute atomic E-state index is 0. The molecule has 0 atom stereocenters. The van der Waals surface area contributed by atoms with E-state index in [2.05, 4.69) is 80.7 Å². The first-order valence-electron chi connectivity index (χ1n) is 7.08. The van der Waals surface area contributed by atoms with E-state index in [4.69, 9.17) is 0 Å². The van der Waals surface area contributed by atoms with Crippen LogP contribution in [0.25, 0.3) is 5.57 Å². The Bertz CT molecular complexity index is 503. The molecule has 1 aromatic rings. The van der Waals surface area contributed by atoms with Gasteiger partial charge in [-0.1, -0.05) is 44.6 Å². The molecule has 0 aliphatic heterocycles. The Hall–Kier alpha value is -0.140. The standard InChI is InChI=1S/C11H9.C6H7.C2H7Si.2ClH.Zr/c1-2-6-10(7-3-1)11-8-4-5-9-11;1-6-4-2-3-5-6;1-3-2;;;/h1-4,6-8H,5H2;2,4H,3H2,1H3;3H,1-2H3;2*1H;/q2*-1;;;;+2. The molecule has 123 valence electrons. The Morgan fingerprint density at radius 2 is 1.39 bits per heavy atom. The third kappa shape index (κ3) is 12.9. The van der Waals surface area contributed by atoms with Gasteiger partial charge < -0.3 is 0 Å². The van der Waals surface area contributed by atoms with Gasteiger partial charge in [0, 0.05) is 9.52 Å². The minimum atomic E-state index is 0. The fourth-order valence-electron chi connectivity index (χ4n) is 1.74. The molecule has 0 heterocycles. The van der Waals surface area contributed by atoms with Crippen molar-refractivity contribution in [1.29, 1.82) is 0 Å². The second-order valence-electron chi connectivity index (χ2n) is 4.61. The van der Waals surface area contributed by atoms with Crippen LogP contribution in [0, 0.1) is 12.2 Å². The van der Waals surface area contributed by atoms with E-state index in [9.17, 15) is 0 Å². The van der Waals surface area contributed by atoms with Gasteiger partial charge in [-0.25, -0.2) is 11.6 Å². The summed E-state index contributed by atoms with van der Waals surface area (Å²) in [6.45, 7) is 6.48. The van der Waals surface area contributed by atoms with E-state index >= 15 is 0 Å². The molecule has 0 N–H and O–H groups in total. The number of rotatable bonds is 1. The topological polar surface area (TPSA) is 0 Å². The summed E-state index contributed by atoms with van der Waals surface area (Å²) < 4.78 is 0. The predicted octanol–water partition coefficient (Wildman–Crippen LogP) is 5.89. The average Bonchev–Trinajstić information content (AvgIpc) is 3.14. The van der Waals surface area contributed by atoms with Crippen LogP contribution < -0.4 is 0 Å². The molecule has 0 aromatic heterocycles. The van der Waals surface area contributed by atoms with Gasteiger partial charge in [0.2, 0.25) is 0 Å². The van der Waals surface area contributed by atoms with Crippen LogP contribution in [0.4, 0.5) is 0 Å². The Morgan fingerprint density at radius 3 is 1.74 bits per heavy atom. The van der Waals surface area contributed by atoms with Crippen LogP contribution in [-0.4, -0.2) is 9.52 Å². The van der Waals surface area contributed by atoms with Gasteiger partial charge in [-0.15, -0.1) is 55.0 Å². The first-order chi connectivity index (χ1) is 9.77. The van der Waals surface area contributed by atoms with Crippen LogP contribution >= 0.6 is 24.8 Å². The zero-order valence-corrected chi connectivity index (χ0v) is 19.2. The summed E-state index contributed by atoms with van der Waals surface area (Å²) >= 11 is 0. The molecule has 23 heavy (non-hydrogen) atoms. The van der Waals surface area contributed by atoms with Crippen molar-refractivity contribution in [2.45, 2.75) is 32.9 Å². The minimum Gasteiger partial charge on any atom is -0.270 e. The van der Waals surface area contributed by atoms with Crippen molar-refractivity contribution in [3.8, 4) is 0 Å². The van der Waals surface area contributed by atoms with Crippen molar-refractivity contribution < 1.29 is 26.2 Å². The Balaban J connectivity index is -0.000000291. The summed E-state index contributed by atoms with van der Waals surface area (Å²) in [7, 11) is 0.750. The molecule has 1 aromatic carbocycles. The second kappa shape index (κ2) is 18.2. The molecule has 3 rings (SSSR count). The van der Waals surface area contributed by atoms with Gasteiger partial charge >= 0.3 is 26.2 Å². The van der Waals surface area contributed by atoms with E-state index in [0.29, 0.717) is 0 Å². The number of hydrogen-bond acceptors (Lipinski definition) is 0. The molecule has 1 radical (unpaired) electrons. The largest absolute Gasteiger partial charge is 2.00 e. The maximum Gasteiger partial charge on any atom is 2.00 e. The summed E-state index contributed by atoms with van der Waals surface area (Å²) in [5.74, 6) is 0. The van der Waals surface area contributed by atoms with Crippen LogP contribution in [0.15, 0.2) is 60.2 Å². The summed E-state index contributed by atoms with van der Waals surface area (Å²) in [6, 6.07) is 10.4. The van der Waals surface area contributed by atoms with Crippen LogP contribution in [0.5, 0.6) is 0 Å². The molecule has 4 heteroatoms. The van der Waals surface area contributed by atoms with Crippen molar-refractivity contribution in [3.05, 3.63) is 77.9 Å². The Morgan fingerprint density at radius 1 is 0.870 bits per heavy atom. The molecule has 0 saturated carbocycles. The molecule has 0 unspecified atom stereocenters. The fraction of sp³-hybridized carbons (Fsp3) is 0.263. The predicted molar refractivity (Wildman–Crippen MR) is 106 cm³/mol. The van der Waals surface area contributed by atoms with Crippen LogP contribution in [0.1, 0.15) is 25.3 Å². The van der Waals surface area contributed by atoms with E-state index in [1.807, 2.05) is 6.07 Å².